The Labute approximate surface area is 174 Å². The molecule has 2 aliphatic rings. The van der Waals surface area contributed by atoms with E-state index in [2.05, 4.69) is 25.2 Å². The van der Waals surface area contributed by atoms with E-state index in [1.165, 1.54) is 23.1 Å². The van der Waals surface area contributed by atoms with Gasteiger partial charge in [-0.2, -0.15) is 4.31 Å². The van der Waals surface area contributed by atoms with Crippen molar-refractivity contribution < 1.29 is 17.9 Å². The predicted octanol–water partition coefficient (Wildman–Crippen LogP) is 4.05. The number of anilines is 1. The van der Waals surface area contributed by atoms with Crippen LogP contribution in [-0.4, -0.2) is 38.8 Å². The maximum Gasteiger partial charge on any atom is 0.243 e. The number of methoxy groups -OCH3 is 1. The molecule has 2 atom stereocenters. The number of allylic oxidation sites excluding steroid dienone is 2. The van der Waals surface area contributed by atoms with E-state index in [0.29, 0.717) is 24.5 Å². The number of rotatable bonds is 6. The Kier molecular flexibility index (Phi) is 6.11. The highest BCUT2D eigenvalue weighted by Gasteiger charge is 2.60. The number of carbonyl (C=O) groups excluding carboxylic acids is 1. The van der Waals surface area contributed by atoms with Crippen molar-refractivity contribution in [1.82, 2.24) is 4.31 Å². The van der Waals surface area contributed by atoms with E-state index in [4.69, 9.17) is 4.74 Å². The number of carbonyl (C=O) groups is 1. The lowest BCUT2D eigenvalue weighted by Crippen LogP contribution is -2.35. The van der Waals surface area contributed by atoms with E-state index in [1.807, 2.05) is 13.8 Å². The van der Waals surface area contributed by atoms with Crippen molar-refractivity contribution in [2.24, 2.45) is 17.3 Å². The van der Waals surface area contributed by atoms with Gasteiger partial charge < -0.3 is 10.1 Å². The van der Waals surface area contributed by atoms with Crippen LogP contribution in [0.25, 0.3) is 0 Å². The summed E-state index contributed by atoms with van der Waals surface area (Å²) in [5, 5.41) is 2.92. The minimum absolute atomic E-state index is 0.108. The van der Waals surface area contributed by atoms with Crippen molar-refractivity contribution in [2.45, 2.75) is 51.9 Å². The molecule has 29 heavy (non-hydrogen) atoms. The zero-order chi connectivity index (χ0) is 21.4. The van der Waals surface area contributed by atoms with Crippen molar-refractivity contribution in [1.29, 1.82) is 0 Å². The average molecular weight is 421 g/mol. The van der Waals surface area contributed by atoms with Gasteiger partial charge >= 0.3 is 0 Å². The fourth-order valence-corrected chi connectivity index (χ4v) is 5.80. The molecular formula is C22H32N2O4S. The molecule has 1 aromatic carbocycles. The standard InChI is InChI=1S/C22H32N2O4S/c1-15(2)13-17-20(22(17,3)4)21(25)23-18-14-16(9-10-19(18)28-5)29(26,27)24-11-7-6-8-12-24/h9-10,13-14,17,20H,6-8,11-12H2,1-5H3,(H,23,25). The maximum atomic E-state index is 13.0. The summed E-state index contributed by atoms with van der Waals surface area (Å²) in [6.45, 7) is 9.29. The molecule has 1 saturated carbocycles. The summed E-state index contributed by atoms with van der Waals surface area (Å²) in [5.41, 5.74) is 1.46. The zero-order valence-corrected chi connectivity index (χ0v) is 18.8. The quantitative estimate of drug-likeness (QED) is 0.705. The second-order valence-electron chi connectivity index (χ2n) is 8.88. The van der Waals surface area contributed by atoms with Gasteiger partial charge in [0.2, 0.25) is 15.9 Å². The minimum Gasteiger partial charge on any atom is -0.495 e. The maximum absolute atomic E-state index is 13.0. The van der Waals surface area contributed by atoms with E-state index in [0.717, 1.165) is 19.3 Å². The predicted molar refractivity (Wildman–Crippen MR) is 114 cm³/mol. The fraction of sp³-hybridized carbons (Fsp3) is 0.591. The molecule has 1 amide bonds. The number of nitrogens with zero attached hydrogens (tertiary/aromatic N) is 1. The average Bonchev–Trinajstić information content (AvgIpc) is 3.21. The molecule has 1 heterocycles. The normalized spacial score (nSPS) is 23.9. The second kappa shape index (κ2) is 8.11. The Morgan fingerprint density at radius 2 is 1.86 bits per heavy atom. The van der Waals surface area contributed by atoms with E-state index < -0.39 is 10.0 Å². The number of benzene rings is 1. The van der Waals surface area contributed by atoms with E-state index >= 15 is 0 Å². The van der Waals surface area contributed by atoms with Crippen molar-refractivity contribution in [3.63, 3.8) is 0 Å². The highest BCUT2D eigenvalue weighted by atomic mass is 32.2. The zero-order valence-electron chi connectivity index (χ0n) is 18.0. The van der Waals surface area contributed by atoms with Gasteiger partial charge in [0, 0.05) is 13.1 Å². The van der Waals surface area contributed by atoms with Crippen LogP contribution in [0.4, 0.5) is 5.69 Å². The van der Waals surface area contributed by atoms with Crippen molar-refractivity contribution in [3.8, 4) is 5.75 Å². The van der Waals surface area contributed by atoms with E-state index in [9.17, 15) is 13.2 Å². The molecule has 1 aromatic rings. The lowest BCUT2D eigenvalue weighted by molar-refractivity contribution is -0.118. The first-order valence-corrected chi connectivity index (χ1v) is 11.7. The van der Waals surface area contributed by atoms with Gasteiger partial charge in [0.1, 0.15) is 5.75 Å². The van der Waals surface area contributed by atoms with Crippen LogP contribution in [0.2, 0.25) is 0 Å². The van der Waals surface area contributed by atoms with Gasteiger partial charge in [-0.1, -0.05) is 31.9 Å². The number of hydrogen-bond donors (Lipinski definition) is 1. The van der Waals surface area contributed by atoms with Crippen LogP contribution in [0.3, 0.4) is 0 Å². The Balaban J connectivity index is 1.85. The summed E-state index contributed by atoms with van der Waals surface area (Å²) in [5.74, 6) is 0.375. The molecule has 1 aliphatic carbocycles. The SMILES string of the molecule is COc1ccc(S(=O)(=O)N2CCCCC2)cc1NC(=O)C1C(C=C(C)C)C1(C)C. The number of nitrogens with one attached hydrogen (secondary N) is 1. The number of hydrogen-bond acceptors (Lipinski definition) is 4. The minimum atomic E-state index is -3.58. The molecule has 2 fully saturated rings. The van der Waals surface area contributed by atoms with Crippen molar-refractivity contribution >= 4 is 21.6 Å². The highest BCUT2D eigenvalue weighted by molar-refractivity contribution is 7.89. The van der Waals surface area contributed by atoms with E-state index in [-0.39, 0.29) is 28.1 Å². The molecule has 2 unspecified atom stereocenters. The summed E-state index contributed by atoms with van der Waals surface area (Å²) in [7, 11) is -2.07. The third kappa shape index (κ3) is 4.36. The molecule has 3 rings (SSSR count). The van der Waals surface area contributed by atoms with E-state index in [1.54, 1.807) is 12.1 Å². The smallest absolute Gasteiger partial charge is 0.243 e. The van der Waals surface area contributed by atoms with Crippen LogP contribution >= 0.6 is 0 Å². The van der Waals surface area contributed by atoms with Gasteiger partial charge in [-0.3, -0.25) is 4.79 Å². The molecule has 1 N–H and O–H groups in total. The van der Waals surface area contributed by atoms with Crippen LogP contribution in [0.1, 0.15) is 47.0 Å². The number of amides is 1. The lowest BCUT2D eigenvalue weighted by atomic mass is 10.1. The molecule has 6 nitrogen and oxygen atoms in total. The largest absolute Gasteiger partial charge is 0.495 e. The molecule has 7 heteroatoms. The molecule has 1 saturated heterocycles. The number of ether oxygens (including phenoxy) is 1. The second-order valence-corrected chi connectivity index (χ2v) is 10.8. The molecular weight excluding hydrogens is 388 g/mol. The molecule has 0 radical (unpaired) electrons. The third-order valence-electron chi connectivity index (χ3n) is 6.09. The molecule has 160 valence electrons. The monoisotopic (exact) mass is 420 g/mol. The third-order valence-corrected chi connectivity index (χ3v) is 7.98. The van der Waals surface area contributed by atoms with Crippen LogP contribution < -0.4 is 10.1 Å². The Hall–Kier alpha value is -1.86. The first-order valence-electron chi connectivity index (χ1n) is 10.2. The Morgan fingerprint density at radius 1 is 1.21 bits per heavy atom. The van der Waals surface area contributed by atoms with Crippen LogP contribution in [0.15, 0.2) is 34.7 Å². The summed E-state index contributed by atoms with van der Waals surface area (Å²) in [6, 6.07) is 4.68. The number of sulfonamides is 1. The first-order chi connectivity index (χ1) is 13.6. The van der Waals surface area contributed by atoms with Gasteiger partial charge in [-0.15, -0.1) is 0 Å². The van der Waals surface area contributed by atoms with Crippen molar-refractivity contribution in [2.75, 3.05) is 25.5 Å². The Morgan fingerprint density at radius 3 is 2.45 bits per heavy atom. The number of piperidine rings is 1. The first kappa shape index (κ1) is 21.8. The molecule has 0 bridgehead atoms. The van der Waals surface area contributed by atoms with Crippen LogP contribution in [-0.2, 0) is 14.8 Å². The lowest BCUT2D eigenvalue weighted by Gasteiger charge is -2.26. The molecule has 0 aromatic heterocycles. The molecule has 1 aliphatic heterocycles. The van der Waals surface area contributed by atoms with Gasteiger partial charge in [0.25, 0.3) is 0 Å². The van der Waals surface area contributed by atoms with Crippen molar-refractivity contribution in [3.05, 3.63) is 29.8 Å². The van der Waals surface area contributed by atoms with Gasteiger partial charge in [0.15, 0.2) is 0 Å². The topological polar surface area (TPSA) is 75.7 Å². The van der Waals surface area contributed by atoms with Gasteiger partial charge in [0.05, 0.1) is 23.6 Å². The van der Waals surface area contributed by atoms with Crippen LogP contribution in [0.5, 0.6) is 5.75 Å². The Bertz CT molecular complexity index is 911. The summed E-state index contributed by atoms with van der Waals surface area (Å²) in [4.78, 5) is 13.1. The summed E-state index contributed by atoms with van der Waals surface area (Å²) >= 11 is 0. The van der Waals surface area contributed by atoms with Gasteiger partial charge in [-0.05, 0) is 56.2 Å². The molecule has 0 spiro atoms. The summed E-state index contributed by atoms with van der Waals surface area (Å²) < 4.78 is 32.9. The van der Waals surface area contributed by atoms with Crippen LogP contribution in [0, 0.1) is 17.3 Å². The fourth-order valence-electron chi connectivity index (χ4n) is 4.26. The summed E-state index contributed by atoms with van der Waals surface area (Å²) in [6.07, 6.45) is 4.95. The van der Waals surface area contributed by atoms with Gasteiger partial charge in [-0.25, -0.2) is 8.42 Å². The highest BCUT2D eigenvalue weighted by Crippen LogP contribution is 2.59.